The molecule has 0 aliphatic heterocycles. The maximum absolute atomic E-state index is 9.12. The first-order chi connectivity index (χ1) is 6.78. The first kappa shape index (κ1) is 9.21. The van der Waals surface area contributed by atoms with E-state index in [0.29, 0.717) is 5.95 Å². The van der Waals surface area contributed by atoms with Gasteiger partial charge in [-0.1, -0.05) is 0 Å². The van der Waals surface area contributed by atoms with Gasteiger partial charge in [-0.05, 0) is 18.9 Å². The standard InChI is InChI=1S/C9H14N4O/c1-10-8-11-5-2-7(12-8)13-9(6-14)3-4-9/h2,5,14H,3-4,6H2,1H3,(H2,10,11,12,13). The van der Waals surface area contributed by atoms with Gasteiger partial charge in [-0.3, -0.25) is 0 Å². The highest BCUT2D eigenvalue weighted by Gasteiger charge is 2.42. The summed E-state index contributed by atoms with van der Waals surface area (Å²) < 4.78 is 0. The largest absolute Gasteiger partial charge is 0.394 e. The Kier molecular flexibility index (Phi) is 2.25. The maximum atomic E-state index is 9.12. The molecule has 1 aliphatic rings. The summed E-state index contributed by atoms with van der Waals surface area (Å²) in [7, 11) is 1.78. The van der Waals surface area contributed by atoms with Crippen LogP contribution in [0.2, 0.25) is 0 Å². The molecule has 3 N–H and O–H groups in total. The summed E-state index contributed by atoms with van der Waals surface area (Å²) >= 11 is 0. The molecule has 0 amide bonds. The van der Waals surface area contributed by atoms with Gasteiger partial charge in [0.2, 0.25) is 5.95 Å². The number of anilines is 2. The summed E-state index contributed by atoms with van der Waals surface area (Å²) in [6.07, 6.45) is 3.69. The van der Waals surface area contributed by atoms with Crippen LogP contribution in [0.15, 0.2) is 12.3 Å². The Bertz CT molecular complexity index is 324. The Balaban J connectivity index is 2.09. The predicted octanol–water partition coefficient (Wildman–Crippen LogP) is 0.455. The molecule has 0 spiro atoms. The Morgan fingerprint density at radius 2 is 2.36 bits per heavy atom. The van der Waals surface area contributed by atoms with Gasteiger partial charge in [0, 0.05) is 13.2 Å². The van der Waals surface area contributed by atoms with Gasteiger partial charge in [0.1, 0.15) is 5.82 Å². The van der Waals surface area contributed by atoms with Crippen molar-refractivity contribution < 1.29 is 5.11 Å². The fourth-order valence-electron chi connectivity index (χ4n) is 1.29. The molecule has 5 heteroatoms. The number of rotatable bonds is 4. The summed E-state index contributed by atoms with van der Waals surface area (Å²) in [6.45, 7) is 0.159. The van der Waals surface area contributed by atoms with Crippen molar-refractivity contribution in [1.82, 2.24) is 9.97 Å². The minimum atomic E-state index is -0.126. The molecule has 5 nitrogen and oxygen atoms in total. The fourth-order valence-corrected chi connectivity index (χ4v) is 1.29. The van der Waals surface area contributed by atoms with Crippen molar-refractivity contribution in [2.75, 3.05) is 24.3 Å². The van der Waals surface area contributed by atoms with Crippen molar-refractivity contribution in [2.45, 2.75) is 18.4 Å². The molecular formula is C9H14N4O. The topological polar surface area (TPSA) is 70.1 Å². The van der Waals surface area contributed by atoms with Crippen molar-refractivity contribution >= 4 is 11.8 Å². The molecule has 76 valence electrons. The number of nitrogens with zero attached hydrogens (tertiary/aromatic N) is 2. The van der Waals surface area contributed by atoms with E-state index in [9.17, 15) is 0 Å². The molecule has 1 aromatic heterocycles. The van der Waals surface area contributed by atoms with Crippen LogP contribution >= 0.6 is 0 Å². The van der Waals surface area contributed by atoms with Crippen LogP contribution in [0, 0.1) is 0 Å². The summed E-state index contributed by atoms with van der Waals surface area (Å²) in [6, 6.07) is 1.80. The average Bonchev–Trinajstić information content (AvgIpc) is 2.99. The molecule has 0 atom stereocenters. The van der Waals surface area contributed by atoms with Crippen molar-refractivity contribution in [1.29, 1.82) is 0 Å². The molecule has 1 heterocycles. The monoisotopic (exact) mass is 194 g/mol. The summed E-state index contributed by atoms with van der Waals surface area (Å²) in [5.74, 6) is 1.35. The number of aromatic nitrogens is 2. The molecule has 1 fully saturated rings. The lowest BCUT2D eigenvalue weighted by Gasteiger charge is -2.14. The fraction of sp³-hybridized carbons (Fsp3) is 0.556. The van der Waals surface area contributed by atoms with Crippen molar-refractivity contribution in [3.8, 4) is 0 Å². The van der Waals surface area contributed by atoms with Crippen LogP contribution in [0.3, 0.4) is 0 Å². The second-order valence-electron chi connectivity index (χ2n) is 3.58. The summed E-state index contributed by atoms with van der Waals surface area (Å²) in [5.41, 5.74) is -0.126. The van der Waals surface area contributed by atoms with Crippen molar-refractivity contribution in [2.24, 2.45) is 0 Å². The molecule has 2 rings (SSSR count). The Hall–Kier alpha value is -1.36. The zero-order valence-corrected chi connectivity index (χ0v) is 8.12. The third-order valence-corrected chi connectivity index (χ3v) is 2.43. The zero-order valence-electron chi connectivity index (χ0n) is 8.12. The van der Waals surface area contributed by atoms with Crippen molar-refractivity contribution in [3.63, 3.8) is 0 Å². The number of hydrogen-bond acceptors (Lipinski definition) is 5. The van der Waals surface area contributed by atoms with E-state index in [1.54, 1.807) is 19.3 Å². The van der Waals surface area contributed by atoms with E-state index in [1.165, 1.54) is 0 Å². The van der Waals surface area contributed by atoms with Gasteiger partial charge < -0.3 is 15.7 Å². The molecule has 1 aliphatic carbocycles. The first-order valence-electron chi connectivity index (χ1n) is 4.68. The second-order valence-corrected chi connectivity index (χ2v) is 3.58. The first-order valence-corrected chi connectivity index (χ1v) is 4.68. The van der Waals surface area contributed by atoms with Crippen LogP contribution in [0.4, 0.5) is 11.8 Å². The smallest absolute Gasteiger partial charge is 0.224 e. The Labute approximate surface area is 82.6 Å². The lowest BCUT2D eigenvalue weighted by molar-refractivity contribution is 0.266. The minimum Gasteiger partial charge on any atom is -0.394 e. The predicted molar refractivity (Wildman–Crippen MR) is 54.3 cm³/mol. The van der Waals surface area contributed by atoms with Gasteiger partial charge in [-0.2, -0.15) is 4.98 Å². The molecule has 1 saturated carbocycles. The second kappa shape index (κ2) is 3.42. The number of aliphatic hydroxyl groups excluding tert-OH is 1. The maximum Gasteiger partial charge on any atom is 0.224 e. The number of hydrogen-bond donors (Lipinski definition) is 3. The number of aliphatic hydroxyl groups is 1. The van der Waals surface area contributed by atoms with Gasteiger partial charge in [0.15, 0.2) is 0 Å². The van der Waals surface area contributed by atoms with E-state index in [2.05, 4.69) is 20.6 Å². The highest BCUT2D eigenvalue weighted by Crippen LogP contribution is 2.37. The van der Waals surface area contributed by atoms with E-state index >= 15 is 0 Å². The van der Waals surface area contributed by atoms with Crippen LogP contribution in [0.5, 0.6) is 0 Å². The molecule has 0 radical (unpaired) electrons. The van der Waals surface area contributed by atoms with Gasteiger partial charge in [0.05, 0.1) is 12.1 Å². The molecule has 0 aromatic carbocycles. The quantitative estimate of drug-likeness (QED) is 0.649. The van der Waals surface area contributed by atoms with Crippen LogP contribution in [-0.4, -0.2) is 34.3 Å². The highest BCUT2D eigenvalue weighted by molar-refractivity contribution is 5.43. The average molecular weight is 194 g/mol. The van der Waals surface area contributed by atoms with E-state index in [0.717, 1.165) is 18.7 Å². The Morgan fingerprint density at radius 3 is 2.93 bits per heavy atom. The lowest BCUT2D eigenvalue weighted by atomic mass is 10.3. The van der Waals surface area contributed by atoms with E-state index < -0.39 is 0 Å². The SMILES string of the molecule is CNc1nccc(NC2(CO)CC2)n1. The lowest BCUT2D eigenvalue weighted by Crippen LogP contribution is -2.26. The van der Waals surface area contributed by atoms with Gasteiger partial charge >= 0.3 is 0 Å². The van der Waals surface area contributed by atoms with Crippen LogP contribution < -0.4 is 10.6 Å². The molecule has 14 heavy (non-hydrogen) atoms. The van der Waals surface area contributed by atoms with Gasteiger partial charge in [-0.25, -0.2) is 4.98 Å². The normalized spacial score (nSPS) is 17.6. The molecular weight excluding hydrogens is 180 g/mol. The van der Waals surface area contributed by atoms with E-state index in [1.807, 2.05) is 0 Å². The summed E-state index contributed by atoms with van der Waals surface area (Å²) in [5, 5.41) is 15.2. The van der Waals surface area contributed by atoms with Crippen LogP contribution in [0.1, 0.15) is 12.8 Å². The third-order valence-electron chi connectivity index (χ3n) is 2.43. The Morgan fingerprint density at radius 1 is 1.57 bits per heavy atom. The minimum absolute atomic E-state index is 0.126. The summed E-state index contributed by atoms with van der Waals surface area (Å²) in [4.78, 5) is 8.23. The molecule has 1 aromatic rings. The third kappa shape index (κ3) is 1.77. The zero-order chi connectivity index (χ0) is 10.0. The van der Waals surface area contributed by atoms with E-state index in [-0.39, 0.29) is 12.1 Å². The van der Waals surface area contributed by atoms with Crippen molar-refractivity contribution in [3.05, 3.63) is 12.3 Å². The van der Waals surface area contributed by atoms with E-state index in [4.69, 9.17) is 5.11 Å². The highest BCUT2D eigenvalue weighted by atomic mass is 16.3. The van der Waals surface area contributed by atoms with Gasteiger partial charge in [-0.15, -0.1) is 0 Å². The van der Waals surface area contributed by atoms with Crippen LogP contribution in [0.25, 0.3) is 0 Å². The number of nitrogens with one attached hydrogen (secondary N) is 2. The van der Waals surface area contributed by atoms with Crippen LogP contribution in [-0.2, 0) is 0 Å². The van der Waals surface area contributed by atoms with Gasteiger partial charge in [0.25, 0.3) is 0 Å². The molecule has 0 unspecified atom stereocenters. The molecule has 0 saturated heterocycles. The molecule has 0 bridgehead atoms.